The molecule has 1 aromatic carbocycles. The van der Waals surface area contributed by atoms with E-state index >= 15 is 0 Å². The molecule has 0 radical (unpaired) electrons. The molecule has 6 nitrogen and oxygen atoms in total. The summed E-state index contributed by atoms with van der Waals surface area (Å²) in [6.07, 6.45) is 5.85. The van der Waals surface area contributed by atoms with Crippen LogP contribution in [0.2, 0.25) is 5.02 Å². The summed E-state index contributed by atoms with van der Waals surface area (Å²) in [6.45, 7) is 0.181. The maximum absolute atomic E-state index is 13.4. The van der Waals surface area contributed by atoms with E-state index in [1.54, 1.807) is 4.57 Å². The molecule has 0 atom stereocenters. The number of nitrogens with one attached hydrogen (secondary N) is 2. The van der Waals surface area contributed by atoms with Crippen LogP contribution in [0, 0.1) is 25.1 Å². The Hall–Kier alpha value is -3.25. The third kappa shape index (κ3) is 4.82. The van der Waals surface area contributed by atoms with Crippen molar-refractivity contribution in [1.82, 2.24) is 9.88 Å². The van der Waals surface area contributed by atoms with E-state index in [1.165, 1.54) is 19.1 Å². The van der Waals surface area contributed by atoms with Crippen LogP contribution >= 0.6 is 11.6 Å². The van der Waals surface area contributed by atoms with Gasteiger partial charge in [-0.1, -0.05) is 17.5 Å². The lowest BCUT2D eigenvalue weighted by Gasteiger charge is -2.27. The molecule has 0 aliphatic carbocycles. The van der Waals surface area contributed by atoms with E-state index < -0.39 is 42.3 Å². The number of carbonyl (C=O) groups excluding carboxylic acids is 3. The molecule has 0 spiro atoms. The summed E-state index contributed by atoms with van der Waals surface area (Å²) in [4.78, 5) is 39.0. The highest BCUT2D eigenvalue weighted by molar-refractivity contribution is 6.44. The quantitative estimate of drug-likeness (QED) is 0.312. The molecule has 2 heterocycles. The van der Waals surface area contributed by atoms with Gasteiger partial charge in [-0.2, -0.15) is 0 Å². The average Bonchev–Trinajstić information content (AvgIpc) is 3.35. The summed E-state index contributed by atoms with van der Waals surface area (Å²) in [7, 11) is 0. The first-order valence-corrected chi connectivity index (χ1v) is 11.0. The van der Waals surface area contributed by atoms with Crippen molar-refractivity contribution in [2.24, 2.45) is 0 Å². The fourth-order valence-corrected chi connectivity index (χ4v) is 4.40. The zero-order valence-corrected chi connectivity index (χ0v) is 19.2. The fraction of sp³-hybridized carbons (Fsp3) is 0.375. The largest absolute Gasteiger partial charge is 0.340 e. The van der Waals surface area contributed by atoms with Crippen LogP contribution in [-0.2, 0) is 17.8 Å². The third-order valence-corrected chi connectivity index (χ3v) is 6.20. The number of carbonyl (C=O) groups is 3. The van der Waals surface area contributed by atoms with Crippen molar-refractivity contribution in [3.05, 3.63) is 51.6 Å². The number of terminal acetylenes is 1. The Kier molecular flexibility index (Phi) is 7.72. The van der Waals surface area contributed by atoms with Gasteiger partial charge in [0.2, 0.25) is 0 Å². The summed E-state index contributed by atoms with van der Waals surface area (Å²) < 4.78 is 41.1. The number of rotatable bonds is 9. The lowest BCUT2D eigenvalue weighted by atomic mass is 9.92. The molecule has 1 aliphatic heterocycles. The van der Waals surface area contributed by atoms with Gasteiger partial charge in [0.05, 0.1) is 23.9 Å². The van der Waals surface area contributed by atoms with Gasteiger partial charge in [0.1, 0.15) is 17.1 Å². The minimum absolute atomic E-state index is 0.0590. The van der Waals surface area contributed by atoms with Crippen LogP contribution in [0.1, 0.15) is 51.4 Å². The van der Waals surface area contributed by atoms with Gasteiger partial charge in [-0.3, -0.25) is 23.2 Å². The first kappa shape index (κ1) is 25.4. The van der Waals surface area contributed by atoms with Gasteiger partial charge in [-0.15, -0.1) is 6.42 Å². The molecule has 180 valence electrons. The van der Waals surface area contributed by atoms with Crippen LogP contribution in [0.25, 0.3) is 0 Å². The lowest BCUT2D eigenvalue weighted by molar-refractivity contribution is -0.118. The van der Waals surface area contributed by atoms with Gasteiger partial charge in [-0.05, 0) is 43.5 Å². The molecular formula is C24H23ClF3N3O3. The molecule has 2 N–H and O–H groups in total. The van der Waals surface area contributed by atoms with Gasteiger partial charge >= 0.3 is 0 Å². The van der Waals surface area contributed by atoms with E-state index in [9.17, 15) is 27.6 Å². The Labute approximate surface area is 199 Å². The maximum Gasteiger partial charge on any atom is 0.293 e. The molecule has 0 saturated heterocycles. The summed E-state index contributed by atoms with van der Waals surface area (Å²) in [5.41, 5.74) is -0.338. The number of alkyl halides is 2. The maximum atomic E-state index is 13.4. The zero-order valence-electron chi connectivity index (χ0n) is 18.4. The molecule has 0 fully saturated rings. The zero-order chi connectivity index (χ0) is 25.0. The summed E-state index contributed by atoms with van der Waals surface area (Å²) in [6, 6.07) is 3.71. The number of nitrogens with zero attached hydrogens (tertiary/aromatic N) is 1. The van der Waals surface area contributed by atoms with E-state index in [4.69, 9.17) is 18.0 Å². The second-order valence-electron chi connectivity index (χ2n) is 8.02. The Morgan fingerprint density at radius 3 is 2.50 bits per heavy atom. The van der Waals surface area contributed by atoms with Gasteiger partial charge in [0, 0.05) is 30.8 Å². The van der Waals surface area contributed by atoms with Crippen molar-refractivity contribution in [2.45, 2.75) is 44.7 Å². The molecule has 2 amide bonds. The standard InChI is InChI=1S/C24H23ClF3N3O3/c1-3-24(8-10-26,9-11-27)30-23(34)21(32)19-14(2)20(31-12-4-5-18(19)31)22(33)29-15-6-7-17(28)16(25)13-15/h1,6-7,13H,4-5,8-12H2,2H3,(H,29,33)(H,30,34). The number of hydrogen-bond donors (Lipinski definition) is 2. The van der Waals surface area contributed by atoms with Crippen molar-refractivity contribution in [2.75, 3.05) is 18.7 Å². The normalized spacial score (nSPS) is 12.7. The van der Waals surface area contributed by atoms with Crippen LogP contribution in [0.15, 0.2) is 18.2 Å². The van der Waals surface area contributed by atoms with Gasteiger partial charge in [0.25, 0.3) is 17.6 Å². The Bertz CT molecular complexity index is 1180. The van der Waals surface area contributed by atoms with E-state index in [0.29, 0.717) is 25.1 Å². The van der Waals surface area contributed by atoms with Crippen LogP contribution in [-0.4, -0.2) is 41.1 Å². The molecule has 0 unspecified atom stereocenters. The van der Waals surface area contributed by atoms with Crippen molar-refractivity contribution < 1.29 is 27.6 Å². The molecule has 1 aromatic heterocycles. The predicted octanol–water partition coefficient (Wildman–Crippen LogP) is 4.18. The highest BCUT2D eigenvalue weighted by Crippen LogP contribution is 2.31. The van der Waals surface area contributed by atoms with Crippen molar-refractivity contribution in [3.8, 4) is 12.3 Å². The minimum Gasteiger partial charge on any atom is -0.340 e. The van der Waals surface area contributed by atoms with Gasteiger partial charge in [-0.25, -0.2) is 4.39 Å². The monoisotopic (exact) mass is 493 g/mol. The number of aromatic nitrogens is 1. The summed E-state index contributed by atoms with van der Waals surface area (Å²) in [5.74, 6) is -1.02. The fourth-order valence-electron chi connectivity index (χ4n) is 4.22. The third-order valence-electron chi connectivity index (χ3n) is 5.91. The van der Waals surface area contributed by atoms with E-state index in [0.717, 1.165) is 6.07 Å². The van der Waals surface area contributed by atoms with Crippen LogP contribution < -0.4 is 10.6 Å². The molecule has 2 aromatic rings. The molecule has 3 rings (SSSR count). The van der Waals surface area contributed by atoms with Crippen LogP contribution in [0.3, 0.4) is 0 Å². The number of halogens is 4. The van der Waals surface area contributed by atoms with Gasteiger partial charge in [0.15, 0.2) is 0 Å². The number of hydrogen-bond acceptors (Lipinski definition) is 3. The number of anilines is 1. The first-order chi connectivity index (χ1) is 16.2. The lowest BCUT2D eigenvalue weighted by Crippen LogP contribution is -2.50. The van der Waals surface area contributed by atoms with Crippen molar-refractivity contribution >= 4 is 34.9 Å². The summed E-state index contributed by atoms with van der Waals surface area (Å²) >= 11 is 5.78. The average molecular weight is 494 g/mol. The first-order valence-electron chi connectivity index (χ1n) is 10.6. The Morgan fingerprint density at radius 1 is 1.24 bits per heavy atom. The molecule has 34 heavy (non-hydrogen) atoms. The number of amides is 2. The van der Waals surface area contributed by atoms with E-state index in [-0.39, 0.29) is 40.4 Å². The molecular weight excluding hydrogens is 471 g/mol. The topological polar surface area (TPSA) is 80.2 Å². The predicted molar refractivity (Wildman–Crippen MR) is 122 cm³/mol. The van der Waals surface area contributed by atoms with Gasteiger partial charge < -0.3 is 15.2 Å². The minimum atomic E-state index is -1.63. The van der Waals surface area contributed by atoms with Crippen molar-refractivity contribution in [3.63, 3.8) is 0 Å². The SMILES string of the molecule is C#CC(CCF)(CCF)NC(=O)C(=O)c1c(C)c(C(=O)Nc2ccc(F)c(Cl)c2)n2c1CCC2. The Balaban J connectivity index is 1.93. The highest BCUT2D eigenvalue weighted by atomic mass is 35.5. The van der Waals surface area contributed by atoms with E-state index in [2.05, 4.69) is 16.6 Å². The van der Waals surface area contributed by atoms with Crippen LogP contribution in [0.5, 0.6) is 0 Å². The van der Waals surface area contributed by atoms with Crippen molar-refractivity contribution in [1.29, 1.82) is 0 Å². The molecule has 0 saturated carbocycles. The Morgan fingerprint density at radius 2 is 1.91 bits per heavy atom. The number of ketones is 1. The number of fused-ring (bicyclic) bond motifs is 1. The smallest absolute Gasteiger partial charge is 0.293 e. The van der Waals surface area contributed by atoms with Crippen LogP contribution in [0.4, 0.5) is 18.9 Å². The molecule has 10 heteroatoms. The molecule has 1 aliphatic rings. The second kappa shape index (κ2) is 10.3. The number of benzene rings is 1. The second-order valence-corrected chi connectivity index (χ2v) is 8.43. The highest BCUT2D eigenvalue weighted by Gasteiger charge is 2.36. The molecule has 0 bridgehead atoms. The number of Topliss-reactive ketones (excluding diaryl/α,β-unsaturated/α-hetero) is 1. The summed E-state index contributed by atoms with van der Waals surface area (Å²) in [5, 5.41) is 4.78. The van der Waals surface area contributed by atoms with E-state index in [1.807, 2.05) is 0 Å².